The van der Waals surface area contributed by atoms with Crippen LogP contribution in [-0.4, -0.2) is 24.3 Å². The first-order valence-corrected chi connectivity index (χ1v) is 7.12. The van der Waals surface area contributed by atoms with E-state index in [9.17, 15) is 0 Å². The molecule has 2 aliphatic rings. The third kappa shape index (κ3) is 3.82. The molecule has 0 unspecified atom stereocenters. The summed E-state index contributed by atoms with van der Waals surface area (Å²) in [6.45, 7) is 6.24. The lowest BCUT2D eigenvalue weighted by atomic mass is 9.73. The van der Waals surface area contributed by atoms with Crippen LogP contribution < -0.4 is 5.32 Å². The maximum atomic E-state index is 9.08. The molecule has 0 aliphatic heterocycles. The summed E-state index contributed by atoms with van der Waals surface area (Å²) < 4.78 is 0. The Balaban J connectivity index is 1.65. The Morgan fingerprint density at radius 1 is 1.24 bits per heavy atom. The fraction of sp³-hybridized carbons (Fsp3) is 0.867. The summed E-state index contributed by atoms with van der Waals surface area (Å²) in [6.07, 6.45) is 11.0. The van der Waals surface area contributed by atoms with Gasteiger partial charge in [0.1, 0.15) is 0 Å². The first kappa shape index (κ1) is 13.1. The first-order valence-electron chi connectivity index (χ1n) is 7.12. The molecule has 2 rings (SSSR count). The molecular weight excluding hydrogens is 210 g/mol. The number of aliphatic hydroxyl groups excluding tert-OH is 1. The average molecular weight is 237 g/mol. The van der Waals surface area contributed by atoms with Gasteiger partial charge in [0.15, 0.2) is 0 Å². The molecule has 0 aromatic heterocycles. The van der Waals surface area contributed by atoms with Crippen LogP contribution in [0.2, 0.25) is 0 Å². The normalized spacial score (nSPS) is 33.1. The fourth-order valence-corrected chi connectivity index (χ4v) is 3.04. The molecule has 0 aromatic rings. The minimum Gasteiger partial charge on any atom is -0.396 e. The molecule has 0 saturated heterocycles. The standard InChI is InChI=1S/C15H27NO/c1-15(2)7-5-12(6-8-15)10-16-14-4-3-13(9-14)11-17/h3-4,12-14,16-17H,5-11H2,1-2H3/t13-,14+/m0/s1. The van der Waals surface area contributed by atoms with Crippen LogP contribution in [0.25, 0.3) is 0 Å². The second-order valence-corrected chi connectivity index (χ2v) is 6.69. The van der Waals surface area contributed by atoms with E-state index in [2.05, 4.69) is 31.3 Å². The van der Waals surface area contributed by atoms with E-state index in [1.165, 1.54) is 25.7 Å². The van der Waals surface area contributed by atoms with E-state index >= 15 is 0 Å². The van der Waals surface area contributed by atoms with Gasteiger partial charge in [-0.1, -0.05) is 26.0 Å². The Kier molecular flexibility index (Phi) is 4.26. The van der Waals surface area contributed by atoms with Gasteiger partial charge in [-0.05, 0) is 50.0 Å². The van der Waals surface area contributed by atoms with E-state index in [1.807, 2.05) is 0 Å². The summed E-state index contributed by atoms with van der Waals surface area (Å²) in [6, 6.07) is 0.502. The van der Waals surface area contributed by atoms with Crippen molar-refractivity contribution in [2.75, 3.05) is 13.2 Å². The summed E-state index contributed by atoms with van der Waals surface area (Å²) in [5.74, 6) is 1.25. The van der Waals surface area contributed by atoms with Gasteiger partial charge in [0.2, 0.25) is 0 Å². The molecule has 2 atom stereocenters. The first-order chi connectivity index (χ1) is 8.09. The number of rotatable bonds is 4. The van der Waals surface area contributed by atoms with Gasteiger partial charge in [0, 0.05) is 18.6 Å². The van der Waals surface area contributed by atoms with Gasteiger partial charge in [-0.25, -0.2) is 0 Å². The molecule has 2 N–H and O–H groups in total. The van der Waals surface area contributed by atoms with Gasteiger partial charge in [-0.3, -0.25) is 0 Å². The average Bonchev–Trinajstić information content (AvgIpc) is 2.75. The van der Waals surface area contributed by atoms with Gasteiger partial charge in [-0.15, -0.1) is 0 Å². The van der Waals surface area contributed by atoms with Crippen molar-refractivity contribution >= 4 is 0 Å². The van der Waals surface area contributed by atoms with Crippen LogP contribution in [0.4, 0.5) is 0 Å². The second kappa shape index (κ2) is 5.53. The van der Waals surface area contributed by atoms with Crippen molar-refractivity contribution in [3.05, 3.63) is 12.2 Å². The third-order valence-corrected chi connectivity index (χ3v) is 4.53. The van der Waals surface area contributed by atoms with Gasteiger partial charge in [-0.2, -0.15) is 0 Å². The van der Waals surface area contributed by atoms with Crippen LogP contribution in [0.15, 0.2) is 12.2 Å². The highest BCUT2D eigenvalue weighted by Gasteiger charge is 2.27. The SMILES string of the molecule is CC1(C)CCC(CN[C@@H]2C=C[C@H](CO)C2)CC1. The Labute approximate surface area is 105 Å². The predicted octanol–water partition coefficient (Wildman–Crippen LogP) is 2.73. The number of nitrogens with one attached hydrogen (secondary N) is 1. The topological polar surface area (TPSA) is 32.3 Å². The van der Waals surface area contributed by atoms with Gasteiger partial charge in [0.25, 0.3) is 0 Å². The predicted molar refractivity (Wildman–Crippen MR) is 71.9 cm³/mol. The number of hydrogen-bond donors (Lipinski definition) is 2. The quantitative estimate of drug-likeness (QED) is 0.737. The van der Waals surface area contributed by atoms with Gasteiger partial charge >= 0.3 is 0 Å². The molecule has 17 heavy (non-hydrogen) atoms. The minimum atomic E-state index is 0.298. The molecule has 0 heterocycles. The maximum Gasteiger partial charge on any atom is 0.0494 e. The summed E-state index contributed by atoms with van der Waals surface area (Å²) >= 11 is 0. The molecule has 0 amide bonds. The van der Waals surface area contributed by atoms with Crippen molar-refractivity contribution in [1.29, 1.82) is 0 Å². The molecule has 1 saturated carbocycles. The van der Waals surface area contributed by atoms with Crippen LogP contribution in [0, 0.1) is 17.3 Å². The largest absolute Gasteiger partial charge is 0.396 e. The Hall–Kier alpha value is -0.340. The summed E-state index contributed by atoms with van der Waals surface area (Å²) in [7, 11) is 0. The van der Waals surface area contributed by atoms with Crippen molar-refractivity contribution in [3.63, 3.8) is 0 Å². The van der Waals surface area contributed by atoms with Crippen LogP contribution in [0.3, 0.4) is 0 Å². The van der Waals surface area contributed by atoms with Gasteiger partial charge in [0.05, 0.1) is 0 Å². The summed E-state index contributed by atoms with van der Waals surface area (Å²) in [5.41, 5.74) is 0.575. The highest BCUT2D eigenvalue weighted by Crippen LogP contribution is 2.37. The molecule has 0 spiro atoms. The Morgan fingerprint density at radius 2 is 1.94 bits per heavy atom. The zero-order chi connectivity index (χ0) is 12.3. The molecule has 0 bridgehead atoms. The smallest absolute Gasteiger partial charge is 0.0494 e. The number of aliphatic hydroxyl groups is 1. The lowest BCUT2D eigenvalue weighted by Crippen LogP contribution is -2.34. The van der Waals surface area contributed by atoms with E-state index in [0.717, 1.165) is 18.9 Å². The second-order valence-electron chi connectivity index (χ2n) is 6.69. The zero-order valence-corrected chi connectivity index (χ0v) is 11.3. The summed E-state index contributed by atoms with van der Waals surface area (Å²) in [4.78, 5) is 0. The van der Waals surface area contributed by atoms with Crippen molar-refractivity contribution in [3.8, 4) is 0 Å². The Morgan fingerprint density at radius 3 is 2.53 bits per heavy atom. The molecule has 2 nitrogen and oxygen atoms in total. The van der Waals surface area contributed by atoms with E-state index in [-0.39, 0.29) is 0 Å². The Bertz CT molecular complexity index is 262. The number of hydrogen-bond acceptors (Lipinski definition) is 2. The highest BCUT2D eigenvalue weighted by molar-refractivity contribution is 5.05. The fourth-order valence-electron chi connectivity index (χ4n) is 3.04. The maximum absolute atomic E-state index is 9.08. The van der Waals surface area contributed by atoms with E-state index in [1.54, 1.807) is 0 Å². The van der Waals surface area contributed by atoms with Crippen LogP contribution in [0.1, 0.15) is 46.0 Å². The lowest BCUT2D eigenvalue weighted by molar-refractivity contribution is 0.186. The molecule has 98 valence electrons. The minimum absolute atomic E-state index is 0.298. The molecule has 1 fully saturated rings. The van der Waals surface area contributed by atoms with Crippen molar-refractivity contribution in [1.82, 2.24) is 5.32 Å². The van der Waals surface area contributed by atoms with Crippen molar-refractivity contribution in [2.24, 2.45) is 17.3 Å². The highest BCUT2D eigenvalue weighted by atomic mass is 16.3. The summed E-state index contributed by atoms with van der Waals surface area (Å²) in [5, 5.41) is 12.7. The van der Waals surface area contributed by atoms with Crippen molar-refractivity contribution < 1.29 is 5.11 Å². The molecule has 2 heteroatoms. The monoisotopic (exact) mass is 237 g/mol. The third-order valence-electron chi connectivity index (χ3n) is 4.53. The van der Waals surface area contributed by atoms with Crippen LogP contribution in [0.5, 0.6) is 0 Å². The van der Waals surface area contributed by atoms with E-state index in [4.69, 9.17) is 5.11 Å². The van der Waals surface area contributed by atoms with Gasteiger partial charge < -0.3 is 10.4 Å². The molecule has 2 aliphatic carbocycles. The van der Waals surface area contributed by atoms with Crippen molar-refractivity contribution in [2.45, 2.75) is 52.0 Å². The molecular formula is C15H27NO. The van der Waals surface area contributed by atoms with E-state index in [0.29, 0.717) is 24.0 Å². The van der Waals surface area contributed by atoms with E-state index < -0.39 is 0 Å². The van der Waals surface area contributed by atoms with Crippen LogP contribution >= 0.6 is 0 Å². The lowest BCUT2D eigenvalue weighted by Gasteiger charge is -2.34. The zero-order valence-electron chi connectivity index (χ0n) is 11.3. The molecule has 0 aromatic carbocycles. The van der Waals surface area contributed by atoms with Crippen LogP contribution in [-0.2, 0) is 0 Å². The molecule has 0 radical (unpaired) electrons.